The van der Waals surface area contributed by atoms with Crippen LogP contribution >= 0.6 is 0 Å². The first kappa shape index (κ1) is 16.3. The van der Waals surface area contributed by atoms with Gasteiger partial charge in [-0.05, 0) is 25.8 Å². The number of nitrogens with zero attached hydrogens (tertiary/aromatic N) is 1. The number of unbranched alkanes of at least 4 members (excludes halogenated alkanes) is 7. The lowest BCUT2D eigenvalue weighted by molar-refractivity contribution is 0.0631. The van der Waals surface area contributed by atoms with Gasteiger partial charge >= 0.3 is 0 Å². The van der Waals surface area contributed by atoms with Crippen molar-refractivity contribution in [3.8, 4) is 0 Å². The smallest absolute Gasteiger partial charge is 0.0334 e. The second-order valence-electron chi connectivity index (χ2n) is 7.07. The molecule has 2 rings (SSSR count). The summed E-state index contributed by atoms with van der Waals surface area (Å²) in [6, 6.07) is 0. The highest BCUT2D eigenvalue weighted by Crippen LogP contribution is 2.36. The summed E-state index contributed by atoms with van der Waals surface area (Å²) in [4.78, 5) is 2.84. The molecule has 0 unspecified atom stereocenters. The fourth-order valence-corrected chi connectivity index (χ4v) is 4.20. The summed E-state index contributed by atoms with van der Waals surface area (Å²) in [5.74, 6) is 0. The summed E-state index contributed by atoms with van der Waals surface area (Å²) in [7, 11) is 0. The van der Waals surface area contributed by atoms with E-state index in [-0.39, 0.29) is 0 Å². The van der Waals surface area contributed by atoms with Crippen LogP contribution in [0.15, 0.2) is 0 Å². The van der Waals surface area contributed by atoms with Crippen LogP contribution in [0.2, 0.25) is 0 Å². The van der Waals surface area contributed by atoms with Crippen LogP contribution in [0, 0.1) is 0 Å². The molecule has 0 aromatic carbocycles. The van der Waals surface area contributed by atoms with Crippen molar-refractivity contribution < 1.29 is 0 Å². The highest BCUT2D eigenvalue weighted by Gasteiger charge is 2.40. The molecule has 0 radical (unpaired) electrons. The SMILES string of the molecule is CCCCCCCCCCN1CCNCC12CCCC2. The number of hydrogen-bond donors (Lipinski definition) is 1. The van der Waals surface area contributed by atoms with Crippen molar-refractivity contribution in [2.75, 3.05) is 26.2 Å². The van der Waals surface area contributed by atoms with Crippen LogP contribution in [-0.2, 0) is 0 Å². The zero-order valence-electron chi connectivity index (χ0n) is 13.8. The summed E-state index contributed by atoms with van der Waals surface area (Å²) < 4.78 is 0. The lowest BCUT2D eigenvalue weighted by Gasteiger charge is -2.45. The van der Waals surface area contributed by atoms with Crippen LogP contribution in [0.3, 0.4) is 0 Å². The Labute approximate surface area is 126 Å². The second-order valence-corrected chi connectivity index (χ2v) is 7.07. The number of nitrogens with one attached hydrogen (secondary N) is 1. The van der Waals surface area contributed by atoms with E-state index in [9.17, 15) is 0 Å². The molecule has 2 heteroatoms. The molecule has 0 atom stereocenters. The average molecular weight is 280 g/mol. The molecular formula is C18H36N2. The summed E-state index contributed by atoms with van der Waals surface area (Å²) in [6.07, 6.45) is 17.3. The van der Waals surface area contributed by atoms with Gasteiger partial charge in [0.15, 0.2) is 0 Å². The third-order valence-corrected chi connectivity index (χ3v) is 5.50. The fraction of sp³-hybridized carbons (Fsp3) is 1.00. The molecule has 1 heterocycles. The zero-order valence-corrected chi connectivity index (χ0v) is 13.8. The van der Waals surface area contributed by atoms with Gasteiger partial charge in [-0.3, -0.25) is 4.90 Å². The maximum Gasteiger partial charge on any atom is 0.0334 e. The van der Waals surface area contributed by atoms with Crippen molar-refractivity contribution in [3.05, 3.63) is 0 Å². The maximum absolute atomic E-state index is 3.64. The van der Waals surface area contributed by atoms with Crippen LogP contribution in [0.4, 0.5) is 0 Å². The third kappa shape index (κ3) is 4.73. The maximum atomic E-state index is 3.64. The normalized spacial score (nSPS) is 22.6. The molecule has 2 aliphatic rings. The molecule has 1 saturated heterocycles. The Morgan fingerprint density at radius 2 is 1.55 bits per heavy atom. The van der Waals surface area contributed by atoms with Crippen molar-refractivity contribution in [1.29, 1.82) is 0 Å². The quantitative estimate of drug-likeness (QED) is 0.632. The second kappa shape index (κ2) is 9.04. The Hall–Kier alpha value is -0.0800. The third-order valence-electron chi connectivity index (χ3n) is 5.50. The minimum atomic E-state index is 0.555. The molecule has 1 aliphatic heterocycles. The average Bonchev–Trinajstić information content (AvgIpc) is 2.93. The molecule has 0 bridgehead atoms. The Bertz CT molecular complexity index is 246. The Morgan fingerprint density at radius 1 is 0.900 bits per heavy atom. The molecule has 20 heavy (non-hydrogen) atoms. The van der Waals surface area contributed by atoms with E-state index in [1.54, 1.807) is 0 Å². The largest absolute Gasteiger partial charge is 0.314 e. The minimum Gasteiger partial charge on any atom is -0.314 e. The summed E-state index contributed by atoms with van der Waals surface area (Å²) in [6.45, 7) is 7.41. The molecule has 1 saturated carbocycles. The van der Waals surface area contributed by atoms with E-state index >= 15 is 0 Å². The predicted molar refractivity (Wildman–Crippen MR) is 88.3 cm³/mol. The fourth-order valence-electron chi connectivity index (χ4n) is 4.20. The Balaban J connectivity index is 1.56. The summed E-state index contributed by atoms with van der Waals surface area (Å²) in [5.41, 5.74) is 0.555. The summed E-state index contributed by atoms with van der Waals surface area (Å²) in [5, 5.41) is 3.64. The van der Waals surface area contributed by atoms with Crippen molar-refractivity contribution >= 4 is 0 Å². The van der Waals surface area contributed by atoms with E-state index in [0.29, 0.717) is 5.54 Å². The van der Waals surface area contributed by atoms with Gasteiger partial charge in [-0.1, -0.05) is 64.7 Å². The van der Waals surface area contributed by atoms with Crippen molar-refractivity contribution in [3.63, 3.8) is 0 Å². The number of hydrogen-bond acceptors (Lipinski definition) is 2. The van der Waals surface area contributed by atoms with Crippen LogP contribution in [-0.4, -0.2) is 36.6 Å². The zero-order chi connectivity index (χ0) is 14.1. The number of piperazine rings is 1. The predicted octanol–water partition coefficient (Wildman–Crippen LogP) is 4.35. The first-order valence-electron chi connectivity index (χ1n) is 9.33. The van der Waals surface area contributed by atoms with Gasteiger partial charge in [0, 0.05) is 25.2 Å². The highest BCUT2D eigenvalue weighted by molar-refractivity contribution is 4.99. The van der Waals surface area contributed by atoms with Crippen molar-refractivity contribution in [2.24, 2.45) is 0 Å². The molecule has 1 spiro atoms. The molecule has 1 N–H and O–H groups in total. The molecule has 2 nitrogen and oxygen atoms in total. The lowest BCUT2D eigenvalue weighted by atomic mass is 9.92. The monoisotopic (exact) mass is 280 g/mol. The lowest BCUT2D eigenvalue weighted by Crippen LogP contribution is -2.59. The molecule has 1 aliphatic carbocycles. The molecule has 118 valence electrons. The standard InChI is InChI=1S/C18H36N2/c1-2-3-4-5-6-7-8-11-15-20-16-14-19-17-18(20)12-9-10-13-18/h19H,2-17H2,1H3. The van der Waals surface area contributed by atoms with Gasteiger partial charge in [-0.15, -0.1) is 0 Å². The minimum absolute atomic E-state index is 0.555. The highest BCUT2D eigenvalue weighted by atomic mass is 15.3. The molecule has 2 fully saturated rings. The van der Waals surface area contributed by atoms with Gasteiger partial charge in [0.25, 0.3) is 0 Å². The Kier molecular flexibility index (Phi) is 7.37. The van der Waals surface area contributed by atoms with E-state index in [2.05, 4.69) is 17.1 Å². The van der Waals surface area contributed by atoms with Gasteiger partial charge < -0.3 is 5.32 Å². The number of rotatable bonds is 9. The van der Waals surface area contributed by atoms with E-state index < -0.39 is 0 Å². The van der Waals surface area contributed by atoms with Gasteiger partial charge in [-0.2, -0.15) is 0 Å². The van der Waals surface area contributed by atoms with E-state index in [0.717, 1.165) is 0 Å². The van der Waals surface area contributed by atoms with Gasteiger partial charge in [0.2, 0.25) is 0 Å². The van der Waals surface area contributed by atoms with Crippen LogP contribution in [0.5, 0.6) is 0 Å². The molecule has 0 amide bonds. The molecular weight excluding hydrogens is 244 g/mol. The van der Waals surface area contributed by atoms with E-state index in [1.165, 1.54) is 103 Å². The van der Waals surface area contributed by atoms with Crippen LogP contribution in [0.1, 0.15) is 84.0 Å². The van der Waals surface area contributed by atoms with Crippen molar-refractivity contribution in [2.45, 2.75) is 89.5 Å². The molecule has 0 aromatic rings. The van der Waals surface area contributed by atoms with Crippen LogP contribution in [0.25, 0.3) is 0 Å². The van der Waals surface area contributed by atoms with Crippen molar-refractivity contribution in [1.82, 2.24) is 10.2 Å². The van der Waals surface area contributed by atoms with Gasteiger partial charge in [-0.25, -0.2) is 0 Å². The van der Waals surface area contributed by atoms with E-state index in [1.807, 2.05) is 0 Å². The van der Waals surface area contributed by atoms with Gasteiger partial charge in [0.1, 0.15) is 0 Å². The first-order valence-corrected chi connectivity index (χ1v) is 9.33. The van der Waals surface area contributed by atoms with Crippen LogP contribution < -0.4 is 5.32 Å². The van der Waals surface area contributed by atoms with Gasteiger partial charge in [0.05, 0.1) is 0 Å². The summed E-state index contributed by atoms with van der Waals surface area (Å²) >= 11 is 0. The topological polar surface area (TPSA) is 15.3 Å². The first-order chi connectivity index (χ1) is 9.87. The molecule has 0 aromatic heterocycles. The van der Waals surface area contributed by atoms with E-state index in [4.69, 9.17) is 0 Å². The Morgan fingerprint density at radius 3 is 2.25 bits per heavy atom.